The summed E-state index contributed by atoms with van der Waals surface area (Å²) in [6, 6.07) is 10.9. The molecule has 3 saturated carbocycles. The first kappa shape index (κ1) is 19.9. The molecular weight excluding hydrogens is 404 g/mol. The lowest BCUT2D eigenvalue weighted by atomic mass is 9.46. The molecule has 0 amide bonds. The van der Waals surface area contributed by atoms with Gasteiger partial charge < -0.3 is 10.1 Å². The zero-order chi connectivity index (χ0) is 22.6. The number of H-pyrrole nitrogens is 1. The predicted octanol–water partition coefficient (Wildman–Crippen LogP) is 6.26. The summed E-state index contributed by atoms with van der Waals surface area (Å²) in [6.07, 6.45) is 15.8. The van der Waals surface area contributed by atoms with E-state index in [4.69, 9.17) is 11.4 Å². The van der Waals surface area contributed by atoms with Crippen molar-refractivity contribution in [2.75, 3.05) is 0 Å². The minimum atomic E-state index is -0.927. The molecule has 0 radical (unpaired) electrons. The third kappa shape index (κ3) is 2.38. The van der Waals surface area contributed by atoms with Gasteiger partial charge in [-0.15, -0.1) is 6.42 Å². The topological polar surface area (TPSA) is 48.9 Å². The Hall–Kier alpha value is -2.57. The van der Waals surface area contributed by atoms with Gasteiger partial charge in [-0.1, -0.05) is 43.5 Å². The van der Waals surface area contributed by atoms with Crippen LogP contribution in [-0.4, -0.2) is 20.7 Å². The maximum Gasteiger partial charge on any atom is 0.139 e. The predicted molar refractivity (Wildman–Crippen MR) is 133 cm³/mol. The summed E-state index contributed by atoms with van der Waals surface area (Å²) >= 11 is 0. The highest BCUT2D eigenvalue weighted by Gasteiger charge is 2.63. The number of hydrogen-bond acceptors (Lipinski definition) is 2. The molecule has 33 heavy (non-hydrogen) atoms. The van der Waals surface area contributed by atoms with E-state index in [1.54, 1.807) is 5.57 Å². The molecule has 1 aromatic carbocycles. The summed E-state index contributed by atoms with van der Waals surface area (Å²) in [7, 11) is 0. The van der Waals surface area contributed by atoms with Crippen LogP contribution in [0.3, 0.4) is 0 Å². The van der Waals surface area contributed by atoms with E-state index in [-0.39, 0.29) is 10.8 Å². The van der Waals surface area contributed by atoms with Crippen LogP contribution in [0, 0.1) is 40.9 Å². The van der Waals surface area contributed by atoms with Gasteiger partial charge in [0.25, 0.3) is 0 Å². The fourth-order valence-corrected chi connectivity index (χ4v) is 8.71. The van der Waals surface area contributed by atoms with Crippen molar-refractivity contribution in [3.63, 3.8) is 0 Å². The lowest BCUT2D eigenvalue weighted by Crippen LogP contribution is -2.54. The van der Waals surface area contributed by atoms with Crippen LogP contribution in [0.2, 0.25) is 0 Å². The third-order valence-corrected chi connectivity index (χ3v) is 10.6. The number of nitrogens with one attached hydrogen (secondary N) is 1. The summed E-state index contributed by atoms with van der Waals surface area (Å²) < 4.78 is 0. The highest BCUT2D eigenvalue weighted by Crippen LogP contribution is 2.67. The number of rotatable bonds is 0. The molecule has 2 heterocycles. The lowest BCUT2D eigenvalue weighted by Gasteiger charge is -2.58. The molecule has 7 rings (SSSR count). The minimum Gasteiger partial charge on any atom is -0.377 e. The molecule has 0 spiro atoms. The Kier molecular flexibility index (Phi) is 3.79. The fourth-order valence-electron chi connectivity index (χ4n) is 8.71. The number of benzene rings is 1. The highest BCUT2D eigenvalue weighted by molar-refractivity contribution is 6.06. The van der Waals surface area contributed by atoms with E-state index >= 15 is 0 Å². The van der Waals surface area contributed by atoms with E-state index in [9.17, 15) is 5.11 Å². The van der Waals surface area contributed by atoms with Crippen molar-refractivity contribution in [1.82, 2.24) is 9.97 Å². The molecule has 0 unspecified atom stereocenters. The fraction of sp³-hybridized carbons (Fsp3) is 0.500. The average Bonchev–Trinajstić information content (AvgIpc) is 3.30. The van der Waals surface area contributed by atoms with Crippen molar-refractivity contribution in [2.24, 2.45) is 28.6 Å². The molecule has 6 atom stereocenters. The highest BCUT2D eigenvalue weighted by atomic mass is 16.3. The van der Waals surface area contributed by atoms with Crippen LogP contribution < -0.4 is 0 Å². The van der Waals surface area contributed by atoms with Crippen LogP contribution in [0.5, 0.6) is 0 Å². The monoisotopic (exact) mass is 436 g/mol. The number of aliphatic hydroxyl groups is 1. The second-order valence-corrected chi connectivity index (χ2v) is 11.8. The van der Waals surface area contributed by atoms with Gasteiger partial charge in [-0.2, -0.15) is 0 Å². The van der Waals surface area contributed by atoms with E-state index in [0.717, 1.165) is 55.4 Å². The molecule has 4 aliphatic carbocycles. The molecule has 2 aromatic heterocycles. The number of fused-ring (bicyclic) bond motifs is 9. The van der Waals surface area contributed by atoms with Crippen LogP contribution in [-0.2, 0) is 6.42 Å². The first-order valence-electron chi connectivity index (χ1n) is 12.7. The smallest absolute Gasteiger partial charge is 0.139 e. The van der Waals surface area contributed by atoms with Gasteiger partial charge in [-0.05, 0) is 91.9 Å². The maximum absolute atomic E-state index is 11.3. The molecule has 3 fully saturated rings. The second kappa shape index (κ2) is 6.30. The molecule has 3 heteroatoms. The Morgan fingerprint density at radius 3 is 2.76 bits per heavy atom. The van der Waals surface area contributed by atoms with E-state index in [0.29, 0.717) is 17.8 Å². The van der Waals surface area contributed by atoms with Gasteiger partial charge in [-0.3, -0.25) is 0 Å². The van der Waals surface area contributed by atoms with Crippen molar-refractivity contribution in [2.45, 2.75) is 64.4 Å². The minimum absolute atomic E-state index is 0.134. The summed E-state index contributed by atoms with van der Waals surface area (Å²) in [5, 5.41) is 13.8. The molecule has 3 aromatic rings. The Balaban J connectivity index is 1.31. The standard InChI is InChI=1S/C30H32N2O/c1-4-30(33)14-12-24-21-10-9-19-16-26-18(17-28(19,2)23(21)11-13-29(24,30)3)15-22-20-7-5-6-8-25(20)31-27(22)32-26/h1,5-8,15-16,21,23-24,33H,9-14,17H2,2-3H3,(H,31,32)/t21-,23+,24+,28+,29+,30+/m1/s1. The molecular formula is C30H32N2O. The third-order valence-electron chi connectivity index (χ3n) is 10.6. The maximum atomic E-state index is 11.3. The van der Waals surface area contributed by atoms with Crippen LogP contribution in [0.1, 0.15) is 63.6 Å². The van der Waals surface area contributed by atoms with Gasteiger partial charge in [0.15, 0.2) is 0 Å². The van der Waals surface area contributed by atoms with E-state index < -0.39 is 5.60 Å². The summed E-state index contributed by atoms with van der Waals surface area (Å²) in [5.41, 5.74) is 5.41. The van der Waals surface area contributed by atoms with Gasteiger partial charge in [0, 0.05) is 21.7 Å². The van der Waals surface area contributed by atoms with Gasteiger partial charge in [0.05, 0.1) is 5.69 Å². The van der Waals surface area contributed by atoms with E-state index in [1.165, 1.54) is 22.8 Å². The molecule has 2 N–H and O–H groups in total. The molecule has 3 nitrogen and oxygen atoms in total. The first-order valence-corrected chi connectivity index (χ1v) is 12.7. The van der Waals surface area contributed by atoms with Crippen LogP contribution >= 0.6 is 0 Å². The molecule has 0 saturated heterocycles. The van der Waals surface area contributed by atoms with Gasteiger partial charge >= 0.3 is 0 Å². The Morgan fingerprint density at radius 1 is 1.09 bits per heavy atom. The molecule has 168 valence electrons. The van der Waals surface area contributed by atoms with E-state index in [2.05, 4.69) is 61.2 Å². The molecule has 4 aliphatic rings. The zero-order valence-electron chi connectivity index (χ0n) is 19.6. The van der Waals surface area contributed by atoms with Crippen molar-refractivity contribution in [3.05, 3.63) is 47.2 Å². The zero-order valence-corrected chi connectivity index (χ0v) is 19.6. The van der Waals surface area contributed by atoms with Gasteiger partial charge in [0.2, 0.25) is 0 Å². The average molecular weight is 437 g/mol. The number of aromatic amines is 1. The first-order chi connectivity index (χ1) is 15.9. The summed E-state index contributed by atoms with van der Waals surface area (Å²) in [5.74, 6) is 4.66. The molecule has 0 aliphatic heterocycles. The summed E-state index contributed by atoms with van der Waals surface area (Å²) in [4.78, 5) is 8.60. The second-order valence-electron chi connectivity index (χ2n) is 11.8. The number of pyridine rings is 1. The van der Waals surface area contributed by atoms with Crippen LogP contribution in [0.4, 0.5) is 0 Å². The quantitative estimate of drug-likeness (QED) is 0.409. The number of para-hydroxylation sites is 1. The number of terminal acetylenes is 1. The van der Waals surface area contributed by atoms with Gasteiger partial charge in [-0.25, -0.2) is 4.98 Å². The van der Waals surface area contributed by atoms with Crippen LogP contribution in [0.15, 0.2) is 35.9 Å². The normalized spacial score (nSPS) is 39.3. The number of hydrogen-bond donors (Lipinski definition) is 2. The number of allylic oxidation sites excluding steroid dienone is 1. The summed E-state index contributed by atoms with van der Waals surface area (Å²) in [6.45, 7) is 4.80. The largest absolute Gasteiger partial charge is 0.377 e. The Morgan fingerprint density at radius 2 is 1.91 bits per heavy atom. The number of nitrogens with zero attached hydrogens (tertiary/aromatic N) is 1. The van der Waals surface area contributed by atoms with Crippen molar-refractivity contribution in [1.29, 1.82) is 0 Å². The SMILES string of the molecule is C#C[C@]1(O)CC[C@H]2[C@@H]3CCC4=Cc5nc6[nH]c7ccccc7c6cc5C[C@]4(C)[C@H]3CC[C@@]21C. The number of aromatic nitrogens is 2. The molecule has 0 bridgehead atoms. The Labute approximate surface area is 195 Å². The lowest BCUT2D eigenvalue weighted by molar-refractivity contribution is -0.0974. The van der Waals surface area contributed by atoms with Crippen molar-refractivity contribution < 1.29 is 5.11 Å². The van der Waals surface area contributed by atoms with Gasteiger partial charge in [0.1, 0.15) is 11.2 Å². The van der Waals surface area contributed by atoms with Crippen molar-refractivity contribution >= 4 is 28.0 Å². The van der Waals surface area contributed by atoms with Crippen LogP contribution in [0.25, 0.3) is 28.0 Å². The van der Waals surface area contributed by atoms with Crippen molar-refractivity contribution in [3.8, 4) is 12.3 Å². The Bertz CT molecular complexity index is 1390. The van der Waals surface area contributed by atoms with E-state index in [1.807, 2.05) is 0 Å².